The molecule has 1 heterocycles. The number of carbonyl (C=O) groups excluding carboxylic acids is 1. The zero-order valence-electron chi connectivity index (χ0n) is 16.3. The number of nitrogens with one attached hydrogen (secondary N) is 2. The number of aromatic nitrogens is 2. The predicted octanol–water partition coefficient (Wildman–Crippen LogP) is 5.66. The molecule has 1 amide bonds. The molecule has 0 bridgehead atoms. The van der Waals surface area contributed by atoms with E-state index in [1.807, 2.05) is 13.8 Å². The average molecular weight is 460 g/mol. The lowest BCUT2D eigenvalue weighted by atomic mass is 10.0. The summed E-state index contributed by atoms with van der Waals surface area (Å²) in [5, 5.41) is 2.80. The van der Waals surface area contributed by atoms with Gasteiger partial charge in [-0.3, -0.25) is 0 Å². The molecule has 2 rings (SSSR count). The van der Waals surface area contributed by atoms with Gasteiger partial charge in [0.1, 0.15) is 17.2 Å². The Morgan fingerprint density at radius 1 is 1.29 bits per heavy atom. The molecule has 0 aliphatic rings. The van der Waals surface area contributed by atoms with Crippen LogP contribution in [-0.4, -0.2) is 28.3 Å². The second-order valence-electron chi connectivity index (χ2n) is 7.57. The van der Waals surface area contributed by atoms with Gasteiger partial charge in [-0.25, -0.2) is 9.78 Å². The zero-order valence-corrected chi connectivity index (χ0v) is 17.9. The van der Waals surface area contributed by atoms with Gasteiger partial charge in [0.25, 0.3) is 0 Å². The first-order valence-electron chi connectivity index (χ1n) is 8.75. The Morgan fingerprint density at radius 3 is 2.54 bits per heavy atom. The second-order valence-corrected chi connectivity index (χ2v) is 8.48. The standard InChI is InChI=1S/C19H24BrF2N3O3/c1-10(2)15(25-18(26)28-19(3,4)5)16-23-9-13(24-16)12-7-6-11(20)8-14(12)27-17(21)22/h6-10,15,17H,1-5H3,(H,23,24)(H,25,26)/t15-/m0/s1. The molecule has 1 aromatic heterocycles. The summed E-state index contributed by atoms with van der Waals surface area (Å²) in [5.74, 6) is 0.510. The average Bonchev–Trinajstić information content (AvgIpc) is 2.99. The fourth-order valence-corrected chi connectivity index (χ4v) is 2.87. The molecule has 0 aliphatic heterocycles. The zero-order chi connectivity index (χ0) is 21.1. The van der Waals surface area contributed by atoms with Crippen molar-refractivity contribution in [2.45, 2.75) is 52.9 Å². The number of amides is 1. The molecule has 6 nitrogen and oxygen atoms in total. The molecular weight excluding hydrogens is 436 g/mol. The highest BCUT2D eigenvalue weighted by Crippen LogP contribution is 2.33. The number of carbonyl (C=O) groups is 1. The molecule has 0 fully saturated rings. The van der Waals surface area contributed by atoms with E-state index < -0.39 is 24.3 Å². The Morgan fingerprint density at radius 2 is 1.96 bits per heavy atom. The van der Waals surface area contributed by atoms with E-state index in [1.165, 1.54) is 12.3 Å². The molecule has 0 radical (unpaired) electrons. The molecular formula is C19H24BrF2N3O3. The summed E-state index contributed by atoms with van der Waals surface area (Å²) in [6.07, 6.45) is 0.956. The van der Waals surface area contributed by atoms with Crippen molar-refractivity contribution in [3.8, 4) is 17.0 Å². The molecule has 0 saturated carbocycles. The highest BCUT2D eigenvalue weighted by molar-refractivity contribution is 9.10. The van der Waals surface area contributed by atoms with Gasteiger partial charge in [-0.2, -0.15) is 8.78 Å². The first kappa shape index (κ1) is 22.1. The van der Waals surface area contributed by atoms with Gasteiger partial charge >= 0.3 is 12.7 Å². The van der Waals surface area contributed by atoms with Crippen LogP contribution in [0.2, 0.25) is 0 Å². The van der Waals surface area contributed by atoms with Crippen molar-refractivity contribution in [3.63, 3.8) is 0 Å². The summed E-state index contributed by atoms with van der Waals surface area (Å²) in [6.45, 7) is 6.23. The number of alkyl carbamates (subject to hydrolysis) is 1. The highest BCUT2D eigenvalue weighted by atomic mass is 79.9. The van der Waals surface area contributed by atoms with Crippen molar-refractivity contribution in [2.24, 2.45) is 5.92 Å². The molecule has 0 aliphatic carbocycles. The molecule has 0 unspecified atom stereocenters. The largest absolute Gasteiger partial charge is 0.444 e. The number of benzene rings is 1. The van der Waals surface area contributed by atoms with E-state index >= 15 is 0 Å². The van der Waals surface area contributed by atoms with Gasteiger partial charge in [0.2, 0.25) is 0 Å². The van der Waals surface area contributed by atoms with Crippen LogP contribution in [0.25, 0.3) is 11.3 Å². The number of imidazole rings is 1. The minimum Gasteiger partial charge on any atom is -0.444 e. The highest BCUT2D eigenvalue weighted by Gasteiger charge is 2.25. The monoisotopic (exact) mass is 459 g/mol. The van der Waals surface area contributed by atoms with Crippen LogP contribution in [0, 0.1) is 5.92 Å². The van der Waals surface area contributed by atoms with Gasteiger partial charge in [-0.1, -0.05) is 29.8 Å². The molecule has 1 atom stereocenters. The molecule has 0 spiro atoms. The van der Waals surface area contributed by atoms with Crippen molar-refractivity contribution in [1.29, 1.82) is 0 Å². The number of ether oxygens (including phenoxy) is 2. The summed E-state index contributed by atoms with van der Waals surface area (Å²) >= 11 is 3.25. The normalized spacial score (nSPS) is 12.9. The van der Waals surface area contributed by atoms with Gasteiger partial charge in [-0.05, 0) is 44.9 Å². The third-order valence-electron chi connectivity index (χ3n) is 3.68. The van der Waals surface area contributed by atoms with Gasteiger partial charge in [-0.15, -0.1) is 0 Å². The Bertz CT molecular complexity index is 819. The molecule has 154 valence electrons. The van der Waals surface area contributed by atoms with Gasteiger partial charge in [0.05, 0.1) is 17.9 Å². The van der Waals surface area contributed by atoms with Gasteiger partial charge in [0, 0.05) is 10.0 Å². The molecule has 0 saturated heterocycles. The Balaban J connectivity index is 2.29. The maximum absolute atomic E-state index is 12.7. The summed E-state index contributed by atoms with van der Waals surface area (Å²) < 4.78 is 36.0. The van der Waals surface area contributed by atoms with E-state index in [-0.39, 0.29) is 11.7 Å². The van der Waals surface area contributed by atoms with Crippen molar-refractivity contribution < 1.29 is 23.0 Å². The van der Waals surface area contributed by atoms with Crippen LogP contribution in [0.4, 0.5) is 13.6 Å². The number of aromatic amines is 1. The number of H-pyrrole nitrogens is 1. The smallest absolute Gasteiger partial charge is 0.408 e. The van der Waals surface area contributed by atoms with Crippen LogP contribution in [0.15, 0.2) is 28.9 Å². The SMILES string of the molecule is CC(C)[C@H](NC(=O)OC(C)(C)C)c1ncc(-c2ccc(Br)cc2OC(F)F)[nH]1. The van der Waals surface area contributed by atoms with E-state index in [4.69, 9.17) is 4.74 Å². The Kier molecular flexibility index (Phi) is 7.03. The van der Waals surface area contributed by atoms with Crippen LogP contribution >= 0.6 is 15.9 Å². The van der Waals surface area contributed by atoms with E-state index in [2.05, 4.69) is 36.0 Å². The number of nitrogens with zero attached hydrogens (tertiary/aromatic N) is 1. The quantitative estimate of drug-likeness (QED) is 0.583. The number of rotatable bonds is 6. The topological polar surface area (TPSA) is 76.2 Å². The summed E-state index contributed by atoms with van der Waals surface area (Å²) in [6, 6.07) is 4.37. The minimum absolute atomic E-state index is 0.00761. The number of hydrogen-bond donors (Lipinski definition) is 2. The maximum Gasteiger partial charge on any atom is 0.408 e. The van der Waals surface area contributed by atoms with E-state index in [1.54, 1.807) is 32.9 Å². The summed E-state index contributed by atoms with van der Waals surface area (Å²) in [5.41, 5.74) is 0.301. The van der Waals surface area contributed by atoms with Gasteiger partial charge < -0.3 is 19.8 Å². The van der Waals surface area contributed by atoms with Crippen LogP contribution in [0.3, 0.4) is 0 Å². The first-order valence-corrected chi connectivity index (χ1v) is 9.54. The van der Waals surface area contributed by atoms with Crippen molar-refractivity contribution in [1.82, 2.24) is 15.3 Å². The molecule has 1 aromatic carbocycles. The fraction of sp³-hybridized carbons (Fsp3) is 0.474. The summed E-state index contributed by atoms with van der Waals surface area (Å²) in [7, 11) is 0. The van der Waals surface area contributed by atoms with Crippen molar-refractivity contribution in [2.75, 3.05) is 0 Å². The predicted molar refractivity (Wildman–Crippen MR) is 105 cm³/mol. The van der Waals surface area contributed by atoms with E-state index in [0.717, 1.165) is 0 Å². The first-order chi connectivity index (χ1) is 13.0. The van der Waals surface area contributed by atoms with Crippen molar-refractivity contribution in [3.05, 3.63) is 34.7 Å². The number of halogens is 3. The molecule has 2 aromatic rings. The number of alkyl halides is 2. The maximum atomic E-state index is 12.7. The Labute approximate surface area is 171 Å². The molecule has 9 heteroatoms. The molecule has 28 heavy (non-hydrogen) atoms. The Hall–Kier alpha value is -2.16. The second kappa shape index (κ2) is 8.89. The summed E-state index contributed by atoms with van der Waals surface area (Å²) in [4.78, 5) is 19.6. The third kappa shape index (κ3) is 6.19. The lowest BCUT2D eigenvalue weighted by Gasteiger charge is -2.24. The van der Waals surface area contributed by atoms with Crippen LogP contribution in [0.5, 0.6) is 5.75 Å². The molecule has 2 N–H and O–H groups in total. The van der Waals surface area contributed by atoms with Crippen LogP contribution in [-0.2, 0) is 4.74 Å². The minimum atomic E-state index is -2.95. The van der Waals surface area contributed by atoms with Crippen LogP contribution < -0.4 is 10.1 Å². The van der Waals surface area contributed by atoms with Crippen LogP contribution in [0.1, 0.15) is 46.5 Å². The fourth-order valence-electron chi connectivity index (χ4n) is 2.53. The third-order valence-corrected chi connectivity index (χ3v) is 4.17. The lowest BCUT2D eigenvalue weighted by Crippen LogP contribution is -2.37. The van der Waals surface area contributed by atoms with Crippen molar-refractivity contribution >= 4 is 22.0 Å². The van der Waals surface area contributed by atoms with Gasteiger partial charge in [0.15, 0.2) is 0 Å². The van der Waals surface area contributed by atoms with E-state index in [9.17, 15) is 13.6 Å². The number of hydrogen-bond acceptors (Lipinski definition) is 4. The van der Waals surface area contributed by atoms with E-state index in [0.29, 0.717) is 21.6 Å². The lowest BCUT2D eigenvalue weighted by molar-refractivity contribution is -0.0495.